The third-order valence-corrected chi connectivity index (χ3v) is 11.0. The fourth-order valence-corrected chi connectivity index (χ4v) is 7.58. The highest BCUT2D eigenvalue weighted by atomic mass is 19.1. The lowest BCUT2D eigenvalue weighted by Gasteiger charge is -2.33. The number of halogens is 1. The third-order valence-electron chi connectivity index (χ3n) is 11.0. The number of aliphatic hydroxyl groups excluding tert-OH is 1. The number of aromatic nitrogens is 3. The zero-order valence-electron chi connectivity index (χ0n) is 35.5. The number of hydrogen-bond donors (Lipinski definition) is 6. The van der Waals surface area contributed by atoms with E-state index in [0.717, 1.165) is 5.56 Å². The summed E-state index contributed by atoms with van der Waals surface area (Å²) in [6, 6.07) is 8.92. The molecule has 6 rings (SSSR count). The molecule has 0 unspecified atom stereocenters. The van der Waals surface area contributed by atoms with E-state index in [9.17, 15) is 33.5 Å². The number of benzene rings is 2. The molecule has 326 valence electrons. The monoisotopic (exact) mass is 842 g/mol. The van der Waals surface area contributed by atoms with Gasteiger partial charge in [-0.15, -0.1) is 0 Å². The molecule has 4 heterocycles. The van der Waals surface area contributed by atoms with Crippen molar-refractivity contribution in [3.63, 3.8) is 0 Å². The van der Waals surface area contributed by atoms with Crippen LogP contribution >= 0.6 is 0 Å². The average Bonchev–Trinajstić information content (AvgIpc) is 3.98. The number of amides is 5. The molecule has 17 nitrogen and oxygen atoms in total. The summed E-state index contributed by atoms with van der Waals surface area (Å²) in [5.74, 6) is -1.24. The number of aromatic amines is 1. The lowest BCUT2D eigenvalue weighted by molar-refractivity contribution is -0.139. The van der Waals surface area contributed by atoms with Gasteiger partial charge in [0.05, 0.1) is 42.1 Å². The van der Waals surface area contributed by atoms with Gasteiger partial charge in [-0.05, 0) is 67.0 Å². The number of unbranched alkanes of at least 4 members (excludes halogenated alkanes) is 2. The number of likely N-dealkylation sites (tertiary alicyclic amines) is 1. The highest BCUT2D eigenvalue weighted by Gasteiger charge is 2.38. The summed E-state index contributed by atoms with van der Waals surface area (Å²) in [4.78, 5) is 82.2. The molecule has 2 aliphatic heterocycles. The van der Waals surface area contributed by atoms with Crippen LogP contribution in [0, 0.1) is 11.2 Å². The first-order valence-electron chi connectivity index (χ1n) is 20.5. The number of fused-ring (bicyclic) bond motifs is 2. The quantitative estimate of drug-likeness (QED) is 0.0872. The maximum absolute atomic E-state index is 14.8. The fraction of sp³-hybridized carbons (Fsp3) is 0.465. The summed E-state index contributed by atoms with van der Waals surface area (Å²) >= 11 is 0. The van der Waals surface area contributed by atoms with Gasteiger partial charge in [-0.3, -0.25) is 24.0 Å². The summed E-state index contributed by atoms with van der Waals surface area (Å²) in [6.07, 6.45) is 4.34. The van der Waals surface area contributed by atoms with Crippen molar-refractivity contribution >= 4 is 69.4 Å². The predicted molar refractivity (Wildman–Crippen MR) is 229 cm³/mol. The molecule has 1 saturated heterocycles. The molecule has 2 aromatic carbocycles. The number of nitrogens with zero attached hydrogens (tertiary/aromatic N) is 5. The lowest BCUT2D eigenvalue weighted by Crippen LogP contribution is -2.54. The summed E-state index contributed by atoms with van der Waals surface area (Å²) in [7, 11) is 4.54. The first kappa shape index (κ1) is 44.3. The number of carbonyl (C=O) groups is 5. The molecule has 2 atom stereocenters. The zero-order valence-corrected chi connectivity index (χ0v) is 35.5. The van der Waals surface area contributed by atoms with Crippen LogP contribution in [0.15, 0.2) is 42.6 Å². The van der Waals surface area contributed by atoms with E-state index in [1.54, 1.807) is 41.2 Å². The van der Waals surface area contributed by atoms with Crippen LogP contribution in [-0.4, -0.2) is 119 Å². The van der Waals surface area contributed by atoms with Crippen LogP contribution in [0.25, 0.3) is 11.0 Å². The topological polar surface area (TPSA) is 214 Å². The van der Waals surface area contributed by atoms with Crippen molar-refractivity contribution in [2.24, 2.45) is 5.41 Å². The number of H-pyrrole nitrogens is 1. The molecule has 0 bridgehead atoms. The summed E-state index contributed by atoms with van der Waals surface area (Å²) in [5, 5.41) is 22.1. The van der Waals surface area contributed by atoms with Crippen molar-refractivity contribution in [1.29, 1.82) is 0 Å². The highest BCUT2D eigenvalue weighted by Crippen LogP contribution is 2.39. The molecule has 61 heavy (non-hydrogen) atoms. The van der Waals surface area contributed by atoms with Crippen LogP contribution in [0.5, 0.6) is 5.75 Å². The van der Waals surface area contributed by atoms with E-state index in [1.165, 1.54) is 31.2 Å². The minimum absolute atomic E-state index is 0.133. The molecule has 5 amide bonds. The predicted octanol–water partition coefficient (Wildman–Crippen LogP) is 4.37. The number of aliphatic hydroxyl groups is 1. The molecule has 2 aliphatic rings. The van der Waals surface area contributed by atoms with Gasteiger partial charge in [0.25, 0.3) is 5.91 Å². The van der Waals surface area contributed by atoms with E-state index < -0.39 is 29.3 Å². The first-order valence-corrected chi connectivity index (χ1v) is 20.5. The number of rotatable bonds is 16. The molecular formula is C43H55FN10O7. The smallest absolute Gasteiger partial charge is 0.256 e. The number of likely N-dealkylation sites (N-methyl/N-ethyl adjacent to an activating group) is 1. The number of anilines is 5. The summed E-state index contributed by atoms with van der Waals surface area (Å²) in [6.45, 7) is 6.69. The Bertz CT molecular complexity index is 2290. The normalized spacial score (nSPS) is 15.3. The lowest BCUT2D eigenvalue weighted by atomic mass is 9.85. The second kappa shape index (κ2) is 19.0. The molecular weight excluding hydrogens is 788 g/mol. The van der Waals surface area contributed by atoms with E-state index in [-0.39, 0.29) is 66.8 Å². The van der Waals surface area contributed by atoms with Gasteiger partial charge in [-0.1, -0.05) is 33.3 Å². The van der Waals surface area contributed by atoms with Crippen LogP contribution in [0.4, 0.5) is 33.2 Å². The van der Waals surface area contributed by atoms with Crippen LogP contribution < -0.4 is 30.9 Å². The van der Waals surface area contributed by atoms with Crippen LogP contribution in [0.3, 0.4) is 0 Å². The van der Waals surface area contributed by atoms with Gasteiger partial charge in [0.2, 0.25) is 29.6 Å². The van der Waals surface area contributed by atoms with Gasteiger partial charge in [0, 0.05) is 58.5 Å². The molecule has 0 spiro atoms. The Morgan fingerprint density at radius 3 is 2.51 bits per heavy atom. The van der Waals surface area contributed by atoms with Crippen molar-refractivity contribution in [2.75, 3.05) is 62.9 Å². The van der Waals surface area contributed by atoms with E-state index in [4.69, 9.17) is 4.74 Å². The maximum Gasteiger partial charge on any atom is 0.256 e. The molecule has 0 aliphatic carbocycles. The van der Waals surface area contributed by atoms with Crippen molar-refractivity contribution in [1.82, 2.24) is 35.4 Å². The Labute approximate surface area is 353 Å². The maximum atomic E-state index is 14.8. The minimum Gasteiger partial charge on any atom is -0.495 e. The van der Waals surface area contributed by atoms with E-state index in [1.807, 2.05) is 26.8 Å². The molecule has 0 radical (unpaired) electrons. The number of nitrogens with one attached hydrogen (secondary N) is 5. The first-order chi connectivity index (χ1) is 29.1. The largest absolute Gasteiger partial charge is 0.495 e. The van der Waals surface area contributed by atoms with Crippen molar-refractivity contribution in [3.05, 3.63) is 59.5 Å². The minimum atomic E-state index is -0.712. The van der Waals surface area contributed by atoms with Crippen molar-refractivity contribution < 1.29 is 38.2 Å². The fourth-order valence-electron chi connectivity index (χ4n) is 7.58. The van der Waals surface area contributed by atoms with E-state index in [2.05, 4.69) is 36.2 Å². The molecule has 18 heteroatoms. The van der Waals surface area contributed by atoms with Gasteiger partial charge in [-0.25, -0.2) is 4.39 Å². The van der Waals surface area contributed by atoms with Crippen LogP contribution in [-0.2, 0) is 25.6 Å². The molecule has 1 fully saturated rings. The Morgan fingerprint density at radius 2 is 1.80 bits per heavy atom. The molecule has 0 saturated carbocycles. The second-order valence-corrected chi connectivity index (χ2v) is 16.5. The zero-order chi connectivity index (χ0) is 44.0. The summed E-state index contributed by atoms with van der Waals surface area (Å²) < 4.78 is 20.5. The Morgan fingerprint density at radius 1 is 1.03 bits per heavy atom. The summed E-state index contributed by atoms with van der Waals surface area (Å²) in [5.41, 5.74) is 2.00. The van der Waals surface area contributed by atoms with Crippen LogP contribution in [0.2, 0.25) is 0 Å². The molecule has 4 aromatic rings. The SMILES string of the molecule is CNC(=O)c1c(F)cccc1Nc1nc(Nc2cc3c(cc2OC)CCN3C(=O)CN(C)C(=O)CCCCCC(=O)N[C@H](C(=O)N2CC[C@@H](O)C2)C(C)(C)C)nc2[nH]ccc12. The van der Waals surface area contributed by atoms with E-state index >= 15 is 0 Å². The standard InChI is InChI=1S/C43H55FN10O7/c1-43(2,3)37(41(60)53-19-17-26(55)23-53)49-33(56)13-8-7-9-14-34(57)52(5)24-35(58)54-20-16-25-21-32(61-6)30(22-31(25)54)48-42-50-38-27(15-18-46-38)39(51-42)47-29-12-10-11-28(44)36(29)40(59)45-4/h10-12,15,18,21-22,26,37,55H,7-9,13-14,16-17,19-20,23-24H2,1-6H3,(H,45,59)(H,49,56)(H3,46,47,48,50,51)/t26-,37-/m1/s1. The number of carbonyl (C=O) groups excluding carboxylic acids is 5. The van der Waals surface area contributed by atoms with Gasteiger partial charge in [-0.2, -0.15) is 9.97 Å². The second-order valence-electron chi connectivity index (χ2n) is 16.5. The Balaban J connectivity index is 1.04. The Hall–Kier alpha value is -6.30. The van der Waals surface area contributed by atoms with Crippen LogP contribution in [0.1, 0.15) is 75.2 Å². The molecule has 6 N–H and O–H groups in total. The highest BCUT2D eigenvalue weighted by molar-refractivity contribution is 6.02. The third kappa shape index (κ3) is 10.4. The van der Waals surface area contributed by atoms with Crippen molar-refractivity contribution in [3.8, 4) is 5.75 Å². The number of β-amino-alcohol motifs (C(OH)–C–C–N with tert-alkyl or cyclic N) is 1. The Kier molecular flexibility index (Phi) is 13.8. The molecule has 2 aromatic heterocycles. The van der Waals surface area contributed by atoms with Crippen molar-refractivity contribution in [2.45, 2.75) is 77.9 Å². The van der Waals surface area contributed by atoms with Gasteiger partial charge < -0.3 is 50.8 Å². The van der Waals surface area contributed by atoms with Gasteiger partial charge >= 0.3 is 0 Å². The number of ether oxygens (including phenoxy) is 1. The average molecular weight is 843 g/mol. The van der Waals surface area contributed by atoms with Gasteiger partial charge in [0.15, 0.2) is 0 Å². The number of hydrogen-bond acceptors (Lipinski definition) is 11. The van der Waals surface area contributed by atoms with Gasteiger partial charge in [0.1, 0.15) is 29.1 Å². The number of methoxy groups -OCH3 is 1. The van der Waals surface area contributed by atoms with E-state index in [0.29, 0.717) is 79.2 Å².